The van der Waals surface area contributed by atoms with Crippen LogP contribution in [0.25, 0.3) is 0 Å². The van der Waals surface area contributed by atoms with Gasteiger partial charge >= 0.3 is 5.97 Å². The van der Waals surface area contributed by atoms with E-state index in [-0.39, 0.29) is 17.3 Å². The Hall–Kier alpha value is -1.05. The van der Waals surface area contributed by atoms with Gasteiger partial charge in [-0.3, -0.25) is 4.79 Å². The highest BCUT2D eigenvalue weighted by Crippen LogP contribution is 2.59. The number of esters is 1. The first kappa shape index (κ1) is 14.0. The van der Waals surface area contributed by atoms with E-state index in [1.165, 1.54) is 5.57 Å². The van der Waals surface area contributed by atoms with Gasteiger partial charge in [-0.2, -0.15) is 0 Å². The lowest BCUT2D eigenvalue weighted by molar-refractivity contribution is -0.144. The van der Waals surface area contributed by atoms with Gasteiger partial charge < -0.3 is 4.74 Å². The second kappa shape index (κ2) is 5.52. The van der Waals surface area contributed by atoms with Gasteiger partial charge in [0.15, 0.2) is 0 Å². The van der Waals surface area contributed by atoms with Crippen molar-refractivity contribution >= 4 is 5.97 Å². The molecule has 1 fully saturated rings. The summed E-state index contributed by atoms with van der Waals surface area (Å²) in [6.45, 7) is 10.9. The van der Waals surface area contributed by atoms with Crippen molar-refractivity contribution in [2.75, 3.05) is 6.61 Å². The van der Waals surface area contributed by atoms with Crippen molar-refractivity contribution in [3.8, 4) is 0 Å². The number of hydrogen-bond donors (Lipinski definition) is 0. The van der Waals surface area contributed by atoms with Gasteiger partial charge in [0.25, 0.3) is 0 Å². The van der Waals surface area contributed by atoms with E-state index in [0.29, 0.717) is 12.5 Å². The van der Waals surface area contributed by atoms with Crippen molar-refractivity contribution in [3.05, 3.63) is 23.8 Å². The van der Waals surface area contributed by atoms with E-state index in [9.17, 15) is 4.79 Å². The summed E-state index contributed by atoms with van der Waals surface area (Å²) in [6, 6.07) is 0. The van der Waals surface area contributed by atoms with E-state index < -0.39 is 0 Å². The number of ether oxygens (including phenoxy) is 1. The topological polar surface area (TPSA) is 26.3 Å². The molecule has 2 heteroatoms. The number of carbonyl (C=O) groups excluding carboxylic acids is 1. The highest BCUT2D eigenvalue weighted by Gasteiger charge is 2.61. The molecule has 2 atom stereocenters. The van der Waals surface area contributed by atoms with E-state index in [2.05, 4.69) is 40.7 Å². The van der Waals surface area contributed by atoms with Crippen LogP contribution in [0.2, 0.25) is 0 Å². The summed E-state index contributed by atoms with van der Waals surface area (Å²) in [4.78, 5) is 11.9. The molecule has 0 heterocycles. The molecule has 1 rings (SSSR count). The summed E-state index contributed by atoms with van der Waals surface area (Å²) in [5.41, 5.74) is 1.33. The van der Waals surface area contributed by atoms with Crippen molar-refractivity contribution < 1.29 is 9.53 Å². The Kier molecular flexibility index (Phi) is 4.55. The second-order valence-corrected chi connectivity index (χ2v) is 5.58. The van der Waals surface area contributed by atoms with E-state index in [4.69, 9.17) is 4.74 Å². The van der Waals surface area contributed by atoms with E-state index in [1.54, 1.807) is 0 Å². The molecule has 0 aromatic heterocycles. The van der Waals surface area contributed by atoms with Crippen LogP contribution in [0.5, 0.6) is 0 Å². The minimum absolute atomic E-state index is 0.0347. The fraction of sp³-hybridized carbons (Fsp3) is 0.667. The number of rotatable bonds is 5. The van der Waals surface area contributed by atoms with Gasteiger partial charge in [-0.15, -0.1) is 0 Å². The molecule has 0 saturated heterocycles. The van der Waals surface area contributed by atoms with Crippen molar-refractivity contribution in [1.29, 1.82) is 0 Å². The quantitative estimate of drug-likeness (QED) is 0.537. The van der Waals surface area contributed by atoms with Gasteiger partial charge in [-0.05, 0) is 31.6 Å². The summed E-state index contributed by atoms with van der Waals surface area (Å²) >= 11 is 0. The monoisotopic (exact) mass is 236 g/mol. The molecule has 1 saturated carbocycles. The van der Waals surface area contributed by atoms with Crippen LogP contribution in [0.3, 0.4) is 0 Å². The Morgan fingerprint density at radius 1 is 1.29 bits per heavy atom. The average Bonchev–Trinajstić information content (AvgIpc) is 2.74. The lowest BCUT2D eigenvalue weighted by Crippen LogP contribution is -2.10. The molecule has 17 heavy (non-hydrogen) atoms. The molecule has 2 unspecified atom stereocenters. The van der Waals surface area contributed by atoms with Crippen molar-refractivity contribution in [3.63, 3.8) is 0 Å². The predicted molar refractivity (Wildman–Crippen MR) is 70.6 cm³/mol. The van der Waals surface area contributed by atoms with Crippen LogP contribution in [0.15, 0.2) is 23.8 Å². The number of carbonyl (C=O) groups is 1. The highest BCUT2D eigenvalue weighted by molar-refractivity contribution is 5.78. The van der Waals surface area contributed by atoms with E-state index in [0.717, 1.165) is 6.42 Å². The van der Waals surface area contributed by atoms with Gasteiger partial charge in [-0.25, -0.2) is 0 Å². The first-order valence-electron chi connectivity index (χ1n) is 6.38. The van der Waals surface area contributed by atoms with Crippen LogP contribution in [0.4, 0.5) is 0 Å². The molecule has 0 aromatic rings. The minimum Gasteiger partial charge on any atom is -0.461 e. The third-order valence-corrected chi connectivity index (χ3v) is 3.40. The normalized spacial score (nSPS) is 25.7. The fourth-order valence-electron chi connectivity index (χ4n) is 2.25. The molecule has 0 aliphatic heterocycles. The Bertz CT molecular complexity index is 333. The fourth-order valence-corrected chi connectivity index (χ4v) is 2.25. The van der Waals surface area contributed by atoms with Crippen LogP contribution in [0.1, 0.15) is 41.0 Å². The van der Waals surface area contributed by atoms with Gasteiger partial charge in [-0.1, -0.05) is 44.6 Å². The van der Waals surface area contributed by atoms with Crippen molar-refractivity contribution in [2.45, 2.75) is 41.0 Å². The van der Waals surface area contributed by atoms with Gasteiger partial charge in [0.2, 0.25) is 0 Å². The van der Waals surface area contributed by atoms with Gasteiger partial charge in [0, 0.05) is 0 Å². The van der Waals surface area contributed by atoms with Crippen LogP contribution in [-0.4, -0.2) is 12.6 Å². The Morgan fingerprint density at radius 2 is 1.94 bits per heavy atom. The third kappa shape index (κ3) is 3.45. The molecule has 0 N–H and O–H groups in total. The van der Waals surface area contributed by atoms with Crippen LogP contribution >= 0.6 is 0 Å². The van der Waals surface area contributed by atoms with Gasteiger partial charge in [0.1, 0.15) is 6.61 Å². The number of hydrogen-bond acceptors (Lipinski definition) is 2. The molecule has 0 amide bonds. The average molecular weight is 236 g/mol. The summed E-state index contributed by atoms with van der Waals surface area (Å²) < 4.78 is 5.26. The molecule has 0 aromatic carbocycles. The Morgan fingerprint density at radius 3 is 2.47 bits per heavy atom. The Balaban J connectivity index is 2.49. The molecular formula is C15H24O2. The van der Waals surface area contributed by atoms with E-state index >= 15 is 0 Å². The molecule has 2 nitrogen and oxygen atoms in total. The molecular weight excluding hydrogens is 212 g/mol. The molecule has 0 radical (unpaired) electrons. The maximum atomic E-state index is 11.9. The predicted octanol–water partition coefficient (Wildman–Crippen LogP) is 3.73. The lowest BCUT2D eigenvalue weighted by Gasteiger charge is -2.02. The van der Waals surface area contributed by atoms with Gasteiger partial charge in [0.05, 0.1) is 5.92 Å². The van der Waals surface area contributed by atoms with E-state index in [1.807, 2.05) is 12.2 Å². The zero-order valence-electron chi connectivity index (χ0n) is 11.6. The highest BCUT2D eigenvalue weighted by atomic mass is 16.5. The summed E-state index contributed by atoms with van der Waals surface area (Å²) in [6.07, 6.45) is 7.09. The number of allylic oxidation sites excluding steroid dienone is 3. The standard InChI is InChI=1S/C15H24O2/c1-6-7-8-9-17-14(16)13-12(10-11(2)3)15(13,4)5/h7-8,10,12-13H,6,9H2,1-5H3/b8-7+. The molecule has 96 valence electrons. The largest absolute Gasteiger partial charge is 0.461 e. The maximum absolute atomic E-state index is 11.9. The van der Waals surface area contributed by atoms with Crippen molar-refractivity contribution in [2.24, 2.45) is 17.3 Å². The second-order valence-electron chi connectivity index (χ2n) is 5.58. The van der Waals surface area contributed by atoms with Crippen LogP contribution < -0.4 is 0 Å². The lowest BCUT2D eigenvalue weighted by atomic mass is 10.1. The first-order chi connectivity index (χ1) is 7.91. The molecule has 0 bridgehead atoms. The zero-order valence-corrected chi connectivity index (χ0v) is 11.6. The third-order valence-electron chi connectivity index (χ3n) is 3.40. The smallest absolute Gasteiger partial charge is 0.310 e. The first-order valence-corrected chi connectivity index (χ1v) is 6.38. The summed E-state index contributed by atoms with van der Waals surface area (Å²) in [5, 5.41) is 0. The summed E-state index contributed by atoms with van der Waals surface area (Å²) in [5.74, 6) is 0.320. The van der Waals surface area contributed by atoms with Crippen LogP contribution in [-0.2, 0) is 9.53 Å². The maximum Gasteiger partial charge on any atom is 0.310 e. The zero-order chi connectivity index (χ0) is 13.1. The van der Waals surface area contributed by atoms with Crippen LogP contribution in [0, 0.1) is 17.3 Å². The minimum atomic E-state index is -0.0572. The summed E-state index contributed by atoms with van der Waals surface area (Å²) in [7, 11) is 0. The SMILES string of the molecule is CC/C=C/COC(=O)C1C(C=C(C)C)C1(C)C. The molecule has 0 spiro atoms. The Labute approximate surface area is 105 Å². The molecule has 1 aliphatic carbocycles. The molecule has 1 aliphatic rings. The van der Waals surface area contributed by atoms with Crippen molar-refractivity contribution in [1.82, 2.24) is 0 Å².